The van der Waals surface area contributed by atoms with Crippen molar-refractivity contribution in [2.24, 2.45) is 0 Å². The minimum Gasteiger partial charge on any atom is -0.457 e. The molecule has 1 amide bonds. The lowest BCUT2D eigenvalue weighted by Gasteiger charge is -2.12. The first kappa shape index (κ1) is 22.1. The maximum Gasteiger partial charge on any atom is 0.435 e. The van der Waals surface area contributed by atoms with Gasteiger partial charge >= 0.3 is 6.18 Å². The van der Waals surface area contributed by atoms with Crippen LogP contribution in [0.4, 0.5) is 23.2 Å². The Morgan fingerprint density at radius 1 is 1.03 bits per heavy atom. The number of carbonyl (C=O) groups excluding carboxylic acids is 1. The highest BCUT2D eigenvalue weighted by atomic mass is 19.4. The van der Waals surface area contributed by atoms with Crippen LogP contribution < -0.4 is 10.1 Å². The van der Waals surface area contributed by atoms with E-state index in [9.17, 15) is 22.4 Å². The summed E-state index contributed by atoms with van der Waals surface area (Å²) < 4.78 is 61.5. The Morgan fingerprint density at radius 2 is 1.80 bits per heavy atom. The summed E-state index contributed by atoms with van der Waals surface area (Å²) in [6, 6.07) is 14.2. The number of para-hydroxylation sites is 1. The third-order valence-corrected chi connectivity index (χ3v) is 4.99. The number of carbonyl (C=O) groups is 1. The van der Waals surface area contributed by atoms with Crippen molar-refractivity contribution >= 4 is 22.6 Å². The van der Waals surface area contributed by atoms with Gasteiger partial charge in [0.1, 0.15) is 28.7 Å². The molecule has 3 heterocycles. The van der Waals surface area contributed by atoms with Gasteiger partial charge in [-0.15, -0.1) is 5.10 Å². The van der Waals surface area contributed by atoms with Crippen molar-refractivity contribution in [2.45, 2.75) is 6.18 Å². The lowest BCUT2D eigenvalue weighted by Crippen LogP contribution is -2.21. The predicted molar refractivity (Wildman–Crippen MR) is 117 cm³/mol. The number of ether oxygens (including phenoxy) is 1. The van der Waals surface area contributed by atoms with Crippen molar-refractivity contribution < 1.29 is 27.1 Å². The molecule has 0 aliphatic rings. The van der Waals surface area contributed by atoms with E-state index in [1.54, 1.807) is 24.5 Å². The Hall–Kier alpha value is -4.74. The van der Waals surface area contributed by atoms with E-state index in [0.717, 1.165) is 17.5 Å². The number of amides is 1. The molecule has 0 bridgehead atoms. The molecule has 2 aromatic carbocycles. The van der Waals surface area contributed by atoms with Crippen LogP contribution in [0.2, 0.25) is 0 Å². The highest BCUT2D eigenvalue weighted by Gasteiger charge is 2.42. The standard InChI is InChI=1S/C23H14F4N6O2/c24-16-3-1-2-4-17(16)33-20(23(25,26)27)19(31-32-33)22(34)30-13-5-7-14(8-6-13)35-18-10-12-29-21-15(18)9-11-28-21/h1-12H,(H,28,29)(H,30,34). The van der Waals surface area contributed by atoms with Crippen LogP contribution in [0.3, 0.4) is 0 Å². The van der Waals surface area contributed by atoms with E-state index < -0.39 is 35.0 Å². The van der Waals surface area contributed by atoms with E-state index in [1.165, 1.54) is 36.4 Å². The van der Waals surface area contributed by atoms with Gasteiger partial charge in [-0.2, -0.15) is 13.2 Å². The maximum atomic E-state index is 14.1. The molecular formula is C23H14F4N6O2. The van der Waals surface area contributed by atoms with E-state index in [-0.39, 0.29) is 10.4 Å². The van der Waals surface area contributed by atoms with E-state index in [2.05, 4.69) is 25.6 Å². The van der Waals surface area contributed by atoms with Gasteiger partial charge in [0.05, 0.1) is 5.39 Å². The number of alkyl halides is 3. The molecule has 3 aromatic heterocycles. The number of benzene rings is 2. The average Bonchev–Trinajstić information content (AvgIpc) is 3.48. The summed E-state index contributed by atoms with van der Waals surface area (Å²) in [6.45, 7) is 0. The number of hydrogen-bond donors (Lipinski definition) is 2. The molecular weight excluding hydrogens is 468 g/mol. The summed E-state index contributed by atoms with van der Waals surface area (Å²) in [5, 5.41) is 9.86. The fourth-order valence-electron chi connectivity index (χ4n) is 3.43. The third kappa shape index (κ3) is 4.28. The number of pyridine rings is 1. The van der Waals surface area contributed by atoms with E-state index >= 15 is 0 Å². The van der Waals surface area contributed by atoms with Crippen LogP contribution >= 0.6 is 0 Å². The normalized spacial score (nSPS) is 11.5. The van der Waals surface area contributed by atoms with Crippen LogP contribution in [-0.2, 0) is 6.18 Å². The third-order valence-electron chi connectivity index (χ3n) is 4.99. The second-order valence-electron chi connectivity index (χ2n) is 7.28. The SMILES string of the molecule is O=C(Nc1ccc(Oc2ccnc3[nH]ccc23)cc1)c1nnn(-c2ccccc2F)c1C(F)(F)F. The first-order valence-corrected chi connectivity index (χ1v) is 10.1. The number of nitrogens with one attached hydrogen (secondary N) is 2. The summed E-state index contributed by atoms with van der Waals surface area (Å²) in [6.07, 6.45) is -1.72. The van der Waals surface area contributed by atoms with Crippen LogP contribution in [0.15, 0.2) is 73.1 Å². The summed E-state index contributed by atoms with van der Waals surface area (Å²) in [5.74, 6) is -1.13. The molecule has 5 aromatic rings. The molecule has 0 aliphatic carbocycles. The zero-order valence-electron chi connectivity index (χ0n) is 17.5. The van der Waals surface area contributed by atoms with Gasteiger partial charge in [0.2, 0.25) is 0 Å². The van der Waals surface area contributed by atoms with E-state index in [0.29, 0.717) is 17.1 Å². The molecule has 0 aliphatic heterocycles. The molecule has 0 unspecified atom stereocenters. The second-order valence-corrected chi connectivity index (χ2v) is 7.28. The molecule has 0 spiro atoms. The molecule has 0 atom stereocenters. The van der Waals surface area contributed by atoms with Gasteiger partial charge in [-0.05, 0) is 48.5 Å². The number of H-pyrrole nitrogens is 1. The van der Waals surface area contributed by atoms with Crippen LogP contribution in [0, 0.1) is 5.82 Å². The highest BCUT2D eigenvalue weighted by Crippen LogP contribution is 2.34. The zero-order valence-corrected chi connectivity index (χ0v) is 17.5. The Bertz CT molecular complexity index is 1530. The van der Waals surface area contributed by atoms with Crippen LogP contribution in [-0.4, -0.2) is 30.9 Å². The highest BCUT2D eigenvalue weighted by molar-refractivity contribution is 6.03. The fourth-order valence-corrected chi connectivity index (χ4v) is 3.43. The van der Waals surface area contributed by atoms with Gasteiger partial charge in [-0.3, -0.25) is 4.79 Å². The zero-order chi connectivity index (χ0) is 24.6. The van der Waals surface area contributed by atoms with Gasteiger partial charge in [0.15, 0.2) is 11.4 Å². The molecule has 2 N–H and O–H groups in total. The smallest absolute Gasteiger partial charge is 0.435 e. The lowest BCUT2D eigenvalue weighted by atomic mass is 10.2. The minimum atomic E-state index is -5.02. The minimum absolute atomic E-state index is 0.192. The van der Waals surface area contributed by atoms with Gasteiger partial charge in [0.25, 0.3) is 5.91 Å². The van der Waals surface area contributed by atoms with Crippen molar-refractivity contribution in [3.8, 4) is 17.2 Å². The number of nitrogens with zero attached hydrogens (tertiary/aromatic N) is 4. The van der Waals surface area contributed by atoms with Crippen LogP contribution in [0.1, 0.15) is 16.2 Å². The topological polar surface area (TPSA) is 97.7 Å². The van der Waals surface area contributed by atoms with Gasteiger partial charge in [-0.1, -0.05) is 17.3 Å². The van der Waals surface area contributed by atoms with Crippen molar-refractivity contribution in [1.29, 1.82) is 0 Å². The number of aromatic nitrogens is 5. The van der Waals surface area contributed by atoms with Crippen LogP contribution in [0.25, 0.3) is 16.7 Å². The monoisotopic (exact) mass is 482 g/mol. The Balaban J connectivity index is 1.38. The number of hydrogen-bond acceptors (Lipinski definition) is 5. The first-order chi connectivity index (χ1) is 16.8. The van der Waals surface area contributed by atoms with Crippen molar-refractivity contribution in [2.75, 3.05) is 5.32 Å². The van der Waals surface area contributed by atoms with Crippen molar-refractivity contribution in [3.63, 3.8) is 0 Å². The van der Waals surface area contributed by atoms with Crippen LogP contribution in [0.5, 0.6) is 11.5 Å². The van der Waals surface area contributed by atoms with E-state index in [1.807, 2.05) is 0 Å². The van der Waals surface area contributed by atoms with Gasteiger partial charge in [-0.25, -0.2) is 14.1 Å². The van der Waals surface area contributed by atoms with Crippen molar-refractivity contribution in [3.05, 3.63) is 90.3 Å². The molecule has 176 valence electrons. The Labute approximate surface area is 194 Å². The number of aromatic amines is 1. The summed E-state index contributed by atoms with van der Waals surface area (Å²) in [5.41, 5.74) is -2.13. The molecule has 35 heavy (non-hydrogen) atoms. The maximum absolute atomic E-state index is 14.1. The number of rotatable bonds is 5. The predicted octanol–water partition coefficient (Wildman–Crippen LogP) is 5.35. The van der Waals surface area contributed by atoms with Gasteiger partial charge in [0, 0.05) is 18.1 Å². The first-order valence-electron chi connectivity index (χ1n) is 10.1. The largest absolute Gasteiger partial charge is 0.457 e. The van der Waals surface area contributed by atoms with Crippen molar-refractivity contribution in [1.82, 2.24) is 25.0 Å². The molecule has 5 rings (SSSR count). The Morgan fingerprint density at radius 3 is 2.54 bits per heavy atom. The van der Waals surface area contributed by atoms with Gasteiger partial charge < -0.3 is 15.0 Å². The molecule has 0 saturated heterocycles. The van der Waals surface area contributed by atoms with E-state index in [4.69, 9.17) is 4.74 Å². The number of halogens is 4. The quantitative estimate of drug-likeness (QED) is 0.330. The average molecular weight is 482 g/mol. The second kappa shape index (κ2) is 8.56. The number of anilines is 1. The summed E-state index contributed by atoms with van der Waals surface area (Å²) in [4.78, 5) is 19.8. The molecule has 8 nitrogen and oxygen atoms in total. The molecule has 0 radical (unpaired) electrons. The number of fused-ring (bicyclic) bond motifs is 1. The summed E-state index contributed by atoms with van der Waals surface area (Å²) in [7, 11) is 0. The Kier molecular flexibility index (Phi) is 5.40. The molecule has 0 fully saturated rings. The molecule has 12 heteroatoms. The summed E-state index contributed by atoms with van der Waals surface area (Å²) >= 11 is 0. The lowest BCUT2D eigenvalue weighted by molar-refractivity contribution is -0.143. The molecule has 0 saturated carbocycles. The fraction of sp³-hybridized carbons (Fsp3) is 0.0435.